The lowest BCUT2D eigenvalue weighted by Gasteiger charge is -2.27. The summed E-state index contributed by atoms with van der Waals surface area (Å²) in [4.78, 5) is 52.5. The van der Waals surface area contributed by atoms with E-state index in [4.69, 9.17) is 14.2 Å². The van der Waals surface area contributed by atoms with Crippen molar-refractivity contribution in [3.05, 3.63) is 58.4 Å². The van der Waals surface area contributed by atoms with Crippen LogP contribution in [0.2, 0.25) is 0 Å². The van der Waals surface area contributed by atoms with Crippen LogP contribution in [-0.4, -0.2) is 61.0 Å². The SMILES string of the molecule is COc1c(/C=C2\C(=O)NC(=O)N(Cc3ccc(F)cc3)C2=O)c(CCN(C)C(C)=O)cc2c1OCO2. The minimum Gasteiger partial charge on any atom is -0.492 e. The summed E-state index contributed by atoms with van der Waals surface area (Å²) in [5, 5.41) is 2.17. The van der Waals surface area contributed by atoms with Crippen molar-refractivity contribution in [2.75, 3.05) is 27.5 Å². The van der Waals surface area contributed by atoms with Gasteiger partial charge in [0.2, 0.25) is 18.4 Å². The van der Waals surface area contributed by atoms with Crippen molar-refractivity contribution >= 4 is 29.8 Å². The molecule has 0 bridgehead atoms. The van der Waals surface area contributed by atoms with Crippen LogP contribution in [0.25, 0.3) is 6.08 Å². The summed E-state index contributed by atoms with van der Waals surface area (Å²) in [6.45, 7) is 1.60. The number of hydrogen-bond donors (Lipinski definition) is 1. The summed E-state index contributed by atoms with van der Waals surface area (Å²) in [7, 11) is 3.07. The predicted molar refractivity (Wildman–Crippen MR) is 125 cm³/mol. The fraction of sp³-hybridized carbons (Fsp3) is 0.280. The summed E-state index contributed by atoms with van der Waals surface area (Å²) in [6, 6.07) is 6.14. The second kappa shape index (κ2) is 10.1. The van der Waals surface area contributed by atoms with E-state index < -0.39 is 23.7 Å². The van der Waals surface area contributed by atoms with Gasteiger partial charge in [0.15, 0.2) is 11.5 Å². The Balaban J connectivity index is 1.74. The number of methoxy groups -OCH3 is 1. The topological polar surface area (TPSA) is 114 Å². The maximum Gasteiger partial charge on any atom is 0.331 e. The van der Waals surface area contributed by atoms with Crippen molar-refractivity contribution in [3.8, 4) is 17.2 Å². The maximum absolute atomic E-state index is 13.3. The zero-order valence-electron chi connectivity index (χ0n) is 19.9. The predicted octanol–water partition coefficient (Wildman–Crippen LogP) is 2.25. The summed E-state index contributed by atoms with van der Waals surface area (Å²) in [6.07, 6.45) is 1.70. The maximum atomic E-state index is 13.3. The minimum atomic E-state index is -0.882. The number of rotatable bonds is 7. The van der Waals surface area contributed by atoms with Crippen molar-refractivity contribution < 1.29 is 37.8 Å². The van der Waals surface area contributed by atoms with Crippen molar-refractivity contribution in [3.63, 3.8) is 0 Å². The van der Waals surface area contributed by atoms with Crippen LogP contribution in [0.5, 0.6) is 17.2 Å². The lowest BCUT2D eigenvalue weighted by molar-refractivity contribution is -0.130. The average molecular weight is 497 g/mol. The molecule has 1 fully saturated rings. The Morgan fingerprint density at radius 3 is 2.61 bits per heavy atom. The molecule has 0 radical (unpaired) electrons. The third-order valence-corrected chi connectivity index (χ3v) is 5.93. The van der Waals surface area contributed by atoms with Gasteiger partial charge in [0.25, 0.3) is 11.8 Å². The first-order valence-electron chi connectivity index (χ1n) is 11.0. The number of likely N-dealkylation sites (N-methyl/N-ethyl adjacent to an activating group) is 1. The largest absolute Gasteiger partial charge is 0.492 e. The van der Waals surface area contributed by atoms with Crippen LogP contribution in [0.1, 0.15) is 23.6 Å². The molecule has 10 nitrogen and oxygen atoms in total. The molecule has 0 aliphatic carbocycles. The molecule has 0 aromatic heterocycles. The van der Waals surface area contributed by atoms with Gasteiger partial charge < -0.3 is 19.1 Å². The molecule has 0 saturated carbocycles. The summed E-state index contributed by atoms with van der Waals surface area (Å²) in [5.41, 5.74) is 1.23. The monoisotopic (exact) mass is 497 g/mol. The van der Waals surface area contributed by atoms with Crippen LogP contribution in [0, 0.1) is 5.82 Å². The number of fused-ring (bicyclic) bond motifs is 1. The Labute approximate surface area is 206 Å². The number of imide groups is 2. The molecule has 0 spiro atoms. The van der Waals surface area contributed by atoms with E-state index in [1.54, 1.807) is 13.1 Å². The van der Waals surface area contributed by atoms with Crippen LogP contribution in [0.4, 0.5) is 9.18 Å². The lowest BCUT2D eigenvalue weighted by atomic mass is 9.98. The van der Waals surface area contributed by atoms with Crippen molar-refractivity contribution in [2.24, 2.45) is 0 Å². The zero-order valence-corrected chi connectivity index (χ0v) is 19.9. The number of carbonyl (C=O) groups is 4. The molecule has 4 rings (SSSR count). The van der Waals surface area contributed by atoms with Gasteiger partial charge in [-0.25, -0.2) is 9.18 Å². The van der Waals surface area contributed by atoms with Gasteiger partial charge >= 0.3 is 6.03 Å². The first-order valence-corrected chi connectivity index (χ1v) is 11.0. The highest BCUT2D eigenvalue weighted by molar-refractivity contribution is 6.31. The smallest absolute Gasteiger partial charge is 0.331 e. The van der Waals surface area contributed by atoms with Gasteiger partial charge in [0.1, 0.15) is 11.4 Å². The molecule has 2 aliphatic rings. The fourth-order valence-electron chi connectivity index (χ4n) is 3.84. The van der Waals surface area contributed by atoms with Gasteiger partial charge in [0, 0.05) is 26.1 Å². The molecule has 2 heterocycles. The highest BCUT2D eigenvalue weighted by Crippen LogP contribution is 2.46. The molecule has 5 amide bonds. The quantitative estimate of drug-likeness (QED) is 0.461. The first-order chi connectivity index (χ1) is 17.2. The van der Waals surface area contributed by atoms with E-state index in [0.29, 0.717) is 41.2 Å². The van der Waals surface area contributed by atoms with Gasteiger partial charge in [-0.2, -0.15) is 0 Å². The molecule has 2 aromatic carbocycles. The molecule has 1 saturated heterocycles. The second-order valence-electron chi connectivity index (χ2n) is 8.24. The Kier molecular flexibility index (Phi) is 6.91. The molecule has 36 heavy (non-hydrogen) atoms. The number of urea groups is 1. The molecule has 0 unspecified atom stereocenters. The van der Waals surface area contributed by atoms with Gasteiger partial charge in [-0.3, -0.25) is 24.6 Å². The van der Waals surface area contributed by atoms with E-state index in [9.17, 15) is 23.6 Å². The lowest BCUT2D eigenvalue weighted by Crippen LogP contribution is -2.53. The van der Waals surface area contributed by atoms with Gasteiger partial charge in [-0.1, -0.05) is 12.1 Å². The number of nitrogens with one attached hydrogen (secondary N) is 1. The van der Waals surface area contributed by atoms with E-state index in [1.807, 2.05) is 0 Å². The summed E-state index contributed by atoms with van der Waals surface area (Å²) < 4.78 is 29.9. The number of carbonyl (C=O) groups excluding carboxylic acids is 4. The zero-order chi connectivity index (χ0) is 26.0. The number of halogens is 1. The average Bonchev–Trinajstić information content (AvgIpc) is 3.31. The van der Waals surface area contributed by atoms with Gasteiger partial charge in [0.05, 0.1) is 13.7 Å². The Hall–Kier alpha value is -4.41. The van der Waals surface area contributed by atoms with E-state index >= 15 is 0 Å². The number of hydrogen-bond acceptors (Lipinski definition) is 7. The van der Waals surface area contributed by atoms with Crippen LogP contribution in [0.15, 0.2) is 35.9 Å². The molecule has 0 atom stereocenters. The summed E-state index contributed by atoms with van der Waals surface area (Å²) in [5.74, 6) is -1.27. The third-order valence-electron chi connectivity index (χ3n) is 5.93. The Morgan fingerprint density at radius 2 is 1.94 bits per heavy atom. The highest BCUT2D eigenvalue weighted by atomic mass is 19.1. The van der Waals surface area contributed by atoms with Crippen molar-refractivity contribution in [2.45, 2.75) is 19.9 Å². The molecule has 1 N–H and O–H groups in total. The van der Waals surface area contributed by atoms with Gasteiger partial charge in [-0.05, 0) is 41.8 Å². The van der Waals surface area contributed by atoms with Crippen molar-refractivity contribution in [1.29, 1.82) is 0 Å². The molecule has 188 valence electrons. The first kappa shape index (κ1) is 24.7. The number of ether oxygens (including phenoxy) is 3. The summed E-state index contributed by atoms with van der Waals surface area (Å²) >= 11 is 0. The van der Waals surface area contributed by atoms with Crippen LogP contribution in [-0.2, 0) is 27.3 Å². The second-order valence-corrected chi connectivity index (χ2v) is 8.24. The molecule has 11 heteroatoms. The van der Waals surface area contributed by atoms with E-state index in [2.05, 4.69) is 5.32 Å². The number of benzene rings is 2. The number of amides is 5. The van der Waals surface area contributed by atoms with Crippen LogP contribution < -0.4 is 19.5 Å². The molecular weight excluding hydrogens is 473 g/mol. The highest BCUT2D eigenvalue weighted by Gasteiger charge is 2.36. The Bertz CT molecular complexity index is 1270. The van der Waals surface area contributed by atoms with Crippen LogP contribution in [0.3, 0.4) is 0 Å². The van der Waals surface area contributed by atoms with E-state index in [0.717, 1.165) is 4.90 Å². The van der Waals surface area contributed by atoms with E-state index in [-0.39, 0.29) is 30.6 Å². The molecule has 2 aliphatic heterocycles. The molecular formula is C25H24FN3O7. The van der Waals surface area contributed by atoms with Gasteiger partial charge in [-0.15, -0.1) is 0 Å². The minimum absolute atomic E-state index is 0.0299. The normalized spacial score (nSPS) is 15.8. The Morgan fingerprint density at radius 1 is 1.22 bits per heavy atom. The fourth-order valence-corrected chi connectivity index (χ4v) is 3.84. The molecule has 2 aromatic rings. The standard InChI is InChI=1S/C25H24FN3O7/c1-14(30)28(2)9-8-16-10-20-22(36-13-35-20)21(34-3)18(16)11-19-23(31)27-25(33)29(24(19)32)12-15-4-6-17(26)7-5-15/h4-7,10-11H,8-9,12-13H2,1-3H3,(H,27,31,33)/b19-11+. The number of nitrogens with zero attached hydrogens (tertiary/aromatic N) is 2. The third kappa shape index (κ3) is 4.85. The number of barbiturate groups is 1. The van der Waals surface area contributed by atoms with Crippen LogP contribution >= 0.6 is 0 Å². The van der Waals surface area contributed by atoms with E-state index in [1.165, 1.54) is 49.3 Å². The van der Waals surface area contributed by atoms with Crippen molar-refractivity contribution in [1.82, 2.24) is 15.1 Å².